The van der Waals surface area contributed by atoms with Gasteiger partial charge in [-0.05, 0) is 36.6 Å². The third-order valence-electron chi connectivity index (χ3n) is 4.39. The minimum atomic E-state index is -0.478. The number of benzene rings is 2. The van der Waals surface area contributed by atoms with Crippen molar-refractivity contribution in [1.29, 1.82) is 0 Å². The molecule has 6 heteroatoms. The topological polar surface area (TPSA) is 64.6 Å². The van der Waals surface area contributed by atoms with E-state index < -0.39 is 5.97 Å². The fraction of sp³-hybridized carbons (Fsp3) is 0.217. The summed E-state index contributed by atoms with van der Waals surface area (Å²) in [5, 5.41) is 5.23. The lowest BCUT2D eigenvalue weighted by Gasteiger charge is -2.09. The van der Waals surface area contributed by atoms with Gasteiger partial charge in [-0.2, -0.15) is 0 Å². The summed E-state index contributed by atoms with van der Waals surface area (Å²) in [6.07, 6.45) is 0.971. The molecule has 29 heavy (non-hydrogen) atoms. The highest BCUT2D eigenvalue weighted by atomic mass is 32.1. The van der Waals surface area contributed by atoms with Crippen molar-refractivity contribution in [2.45, 2.75) is 19.8 Å². The van der Waals surface area contributed by atoms with Crippen molar-refractivity contribution in [3.05, 3.63) is 71.1 Å². The second-order valence-electron chi connectivity index (χ2n) is 6.34. The Morgan fingerprint density at radius 3 is 2.41 bits per heavy atom. The number of anilines is 1. The molecule has 0 atom stereocenters. The summed E-state index contributed by atoms with van der Waals surface area (Å²) in [6.45, 7) is 2.51. The quantitative estimate of drug-likeness (QED) is 0.521. The molecular formula is C23H23NO4S. The molecule has 0 saturated carbocycles. The number of aryl methyl sites for hydroxylation is 1. The van der Waals surface area contributed by atoms with E-state index in [1.54, 1.807) is 0 Å². The summed E-state index contributed by atoms with van der Waals surface area (Å²) in [7, 11) is 1.34. The molecule has 1 N–H and O–H groups in total. The zero-order chi connectivity index (χ0) is 20.6. The Labute approximate surface area is 174 Å². The van der Waals surface area contributed by atoms with Crippen LogP contribution in [0.1, 0.15) is 29.3 Å². The van der Waals surface area contributed by atoms with Crippen molar-refractivity contribution in [2.75, 3.05) is 19.0 Å². The van der Waals surface area contributed by atoms with Gasteiger partial charge in [0, 0.05) is 17.4 Å². The van der Waals surface area contributed by atoms with Crippen molar-refractivity contribution in [3.63, 3.8) is 0 Å². The number of carbonyl (C=O) groups is 2. The third kappa shape index (κ3) is 5.23. The maximum absolute atomic E-state index is 12.4. The van der Waals surface area contributed by atoms with E-state index in [2.05, 4.69) is 5.32 Å². The Balaban J connectivity index is 1.78. The van der Waals surface area contributed by atoms with Gasteiger partial charge < -0.3 is 14.8 Å². The molecule has 0 aliphatic carbocycles. The van der Waals surface area contributed by atoms with Gasteiger partial charge in [0.1, 0.15) is 16.3 Å². The van der Waals surface area contributed by atoms with Crippen LogP contribution in [0.25, 0.3) is 11.1 Å². The Kier molecular flexibility index (Phi) is 7.03. The van der Waals surface area contributed by atoms with Crippen LogP contribution in [0.5, 0.6) is 5.75 Å². The fourth-order valence-electron chi connectivity index (χ4n) is 2.96. The number of esters is 1. The van der Waals surface area contributed by atoms with Gasteiger partial charge in [0.15, 0.2) is 0 Å². The SMILES string of the molecule is CCOc1ccc(-c2csc(NC(=O)CCc3ccccc3)c2C(=O)OC)cc1. The first-order valence-electron chi connectivity index (χ1n) is 9.39. The molecule has 0 unspecified atom stereocenters. The number of nitrogens with one attached hydrogen (secondary N) is 1. The molecule has 3 rings (SSSR count). The monoisotopic (exact) mass is 409 g/mol. The molecule has 1 heterocycles. The molecule has 0 bridgehead atoms. The first-order valence-corrected chi connectivity index (χ1v) is 10.3. The average molecular weight is 410 g/mol. The van der Waals surface area contributed by atoms with Crippen molar-refractivity contribution in [1.82, 2.24) is 0 Å². The predicted molar refractivity (Wildman–Crippen MR) is 116 cm³/mol. The van der Waals surface area contributed by atoms with E-state index in [4.69, 9.17) is 9.47 Å². The number of carbonyl (C=O) groups excluding carboxylic acids is 2. The van der Waals surface area contributed by atoms with E-state index in [9.17, 15) is 9.59 Å². The molecule has 0 aliphatic rings. The summed E-state index contributed by atoms with van der Waals surface area (Å²) in [4.78, 5) is 24.9. The highest BCUT2D eigenvalue weighted by Crippen LogP contribution is 2.36. The van der Waals surface area contributed by atoms with Crippen LogP contribution in [0.2, 0.25) is 0 Å². The predicted octanol–water partition coefficient (Wildman–Crippen LogP) is 5.17. The molecule has 5 nitrogen and oxygen atoms in total. The van der Waals surface area contributed by atoms with Crippen molar-refractivity contribution in [3.8, 4) is 16.9 Å². The molecule has 150 valence electrons. The summed E-state index contributed by atoms with van der Waals surface area (Å²) < 4.78 is 10.4. The smallest absolute Gasteiger partial charge is 0.341 e. The lowest BCUT2D eigenvalue weighted by molar-refractivity contribution is -0.116. The molecule has 0 radical (unpaired) electrons. The lowest BCUT2D eigenvalue weighted by Crippen LogP contribution is -2.14. The molecule has 0 fully saturated rings. The summed E-state index contributed by atoms with van der Waals surface area (Å²) in [5.41, 5.74) is 3.05. The number of rotatable bonds is 8. The minimum Gasteiger partial charge on any atom is -0.494 e. The maximum atomic E-state index is 12.4. The number of hydrogen-bond donors (Lipinski definition) is 1. The number of thiophene rings is 1. The van der Waals surface area contributed by atoms with Gasteiger partial charge in [0.2, 0.25) is 5.91 Å². The molecule has 0 spiro atoms. The molecule has 1 amide bonds. The van der Waals surface area contributed by atoms with Crippen molar-refractivity contribution >= 4 is 28.2 Å². The molecule has 3 aromatic rings. The fourth-order valence-corrected chi connectivity index (χ4v) is 3.93. The zero-order valence-electron chi connectivity index (χ0n) is 16.4. The molecule has 0 aliphatic heterocycles. The standard InChI is InChI=1S/C23H23NO4S/c1-3-28-18-12-10-17(11-13-18)19-15-29-22(21(19)23(26)27-2)24-20(25)14-9-16-7-5-4-6-8-16/h4-8,10-13,15H,3,9,14H2,1-2H3,(H,24,25). The molecule has 2 aromatic carbocycles. The number of hydrogen-bond acceptors (Lipinski definition) is 5. The Bertz CT molecular complexity index is 964. The van der Waals surface area contributed by atoms with Gasteiger partial charge in [-0.25, -0.2) is 4.79 Å². The second kappa shape index (κ2) is 9.89. The van der Waals surface area contributed by atoms with E-state index in [1.165, 1.54) is 18.4 Å². The highest BCUT2D eigenvalue weighted by Gasteiger charge is 2.22. The van der Waals surface area contributed by atoms with E-state index in [0.29, 0.717) is 30.0 Å². The number of amides is 1. The first kappa shape index (κ1) is 20.6. The van der Waals surface area contributed by atoms with E-state index in [-0.39, 0.29) is 5.91 Å². The molecule has 0 saturated heterocycles. The van der Waals surface area contributed by atoms with Gasteiger partial charge in [-0.15, -0.1) is 11.3 Å². The van der Waals surface area contributed by atoms with Crippen LogP contribution in [0.4, 0.5) is 5.00 Å². The van der Waals surface area contributed by atoms with Crippen LogP contribution >= 0.6 is 11.3 Å². The van der Waals surface area contributed by atoms with Crippen molar-refractivity contribution in [2.24, 2.45) is 0 Å². The zero-order valence-corrected chi connectivity index (χ0v) is 17.3. The van der Waals surface area contributed by atoms with Gasteiger partial charge in [-0.1, -0.05) is 42.5 Å². The van der Waals surface area contributed by atoms with Gasteiger partial charge in [-0.3, -0.25) is 4.79 Å². The van der Waals surface area contributed by atoms with E-state index in [0.717, 1.165) is 22.4 Å². The van der Waals surface area contributed by atoms with Crippen LogP contribution in [0, 0.1) is 0 Å². The summed E-state index contributed by atoms with van der Waals surface area (Å²) in [5.74, 6) is 0.146. The average Bonchev–Trinajstić information content (AvgIpc) is 3.16. The highest BCUT2D eigenvalue weighted by molar-refractivity contribution is 7.15. The normalized spacial score (nSPS) is 10.4. The van der Waals surface area contributed by atoms with Gasteiger partial charge >= 0.3 is 5.97 Å². The number of methoxy groups -OCH3 is 1. The Morgan fingerprint density at radius 1 is 1.03 bits per heavy atom. The van der Waals surface area contributed by atoms with Crippen LogP contribution in [-0.4, -0.2) is 25.6 Å². The van der Waals surface area contributed by atoms with Crippen LogP contribution in [0.3, 0.4) is 0 Å². The van der Waals surface area contributed by atoms with Crippen LogP contribution in [-0.2, 0) is 16.0 Å². The van der Waals surface area contributed by atoms with Crippen molar-refractivity contribution < 1.29 is 19.1 Å². The summed E-state index contributed by atoms with van der Waals surface area (Å²) in [6, 6.07) is 17.3. The largest absolute Gasteiger partial charge is 0.494 e. The Hall–Kier alpha value is -3.12. The molecule has 1 aromatic heterocycles. The maximum Gasteiger partial charge on any atom is 0.341 e. The lowest BCUT2D eigenvalue weighted by atomic mass is 10.0. The van der Waals surface area contributed by atoms with E-state index >= 15 is 0 Å². The van der Waals surface area contributed by atoms with Crippen LogP contribution < -0.4 is 10.1 Å². The number of ether oxygens (including phenoxy) is 2. The second-order valence-corrected chi connectivity index (χ2v) is 7.22. The molecular weight excluding hydrogens is 386 g/mol. The van der Waals surface area contributed by atoms with Gasteiger partial charge in [0.05, 0.1) is 13.7 Å². The van der Waals surface area contributed by atoms with Gasteiger partial charge in [0.25, 0.3) is 0 Å². The summed E-state index contributed by atoms with van der Waals surface area (Å²) >= 11 is 1.32. The minimum absolute atomic E-state index is 0.140. The van der Waals surface area contributed by atoms with Crippen LogP contribution in [0.15, 0.2) is 60.0 Å². The third-order valence-corrected chi connectivity index (χ3v) is 5.29. The Morgan fingerprint density at radius 2 is 1.76 bits per heavy atom. The van der Waals surface area contributed by atoms with E-state index in [1.807, 2.05) is 66.9 Å². The first-order chi connectivity index (χ1) is 14.1.